The summed E-state index contributed by atoms with van der Waals surface area (Å²) >= 11 is 11.9. The van der Waals surface area contributed by atoms with Crippen LogP contribution < -0.4 is 0 Å². The number of benzene rings is 1. The highest BCUT2D eigenvalue weighted by atomic mass is 35.5. The molecule has 0 aliphatic carbocycles. The van der Waals surface area contributed by atoms with E-state index in [1.807, 2.05) is 6.92 Å². The van der Waals surface area contributed by atoms with Crippen LogP contribution in [0.4, 0.5) is 0 Å². The molecule has 5 heteroatoms. The molecule has 0 amide bonds. The van der Waals surface area contributed by atoms with Gasteiger partial charge in [0, 0.05) is 0 Å². The Morgan fingerprint density at radius 2 is 2.05 bits per heavy atom. The Morgan fingerprint density at radius 1 is 1.40 bits per heavy atom. The molecule has 2 unspecified atom stereocenters. The molecule has 20 heavy (non-hydrogen) atoms. The third kappa shape index (κ3) is 3.87. The van der Waals surface area contributed by atoms with E-state index in [9.17, 15) is 9.90 Å². The summed E-state index contributed by atoms with van der Waals surface area (Å²) in [5, 5.41) is 11.5. The number of carbonyl (C=O) groups is 1. The second-order valence-electron chi connectivity index (χ2n) is 4.99. The maximum Gasteiger partial charge on any atom is 0.311 e. The van der Waals surface area contributed by atoms with E-state index in [-0.39, 0.29) is 0 Å². The van der Waals surface area contributed by atoms with Crippen LogP contribution in [0.15, 0.2) is 18.2 Å². The number of carbonyl (C=O) groups excluding carboxylic acids is 1. The smallest absolute Gasteiger partial charge is 0.311 e. The summed E-state index contributed by atoms with van der Waals surface area (Å²) in [6.45, 7) is 3.63. The highest BCUT2D eigenvalue weighted by Crippen LogP contribution is 2.36. The number of esters is 1. The summed E-state index contributed by atoms with van der Waals surface area (Å²) in [6.07, 6.45) is 2.32. The summed E-state index contributed by atoms with van der Waals surface area (Å²) in [7, 11) is 1.33. The molecule has 1 aromatic rings. The Hall–Kier alpha value is -0.770. The van der Waals surface area contributed by atoms with Gasteiger partial charge in [-0.3, -0.25) is 4.79 Å². The first-order valence-electron chi connectivity index (χ1n) is 6.60. The molecule has 1 aromatic carbocycles. The predicted octanol–water partition coefficient (Wildman–Crippen LogP) is 4.18. The molecular weight excluding hydrogens is 299 g/mol. The van der Waals surface area contributed by atoms with E-state index < -0.39 is 17.5 Å². The molecule has 112 valence electrons. The molecule has 1 rings (SSSR count). The summed E-state index contributed by atoms with van der Waals surface area (Å²) in [5.41, 5.74) is -0.797. The SMILES string of the molecule is CCCCC(C(=O)OC)C(C)(O)c1ccc(Cl)c(Cl)c1. The lowest BCUT2D eigenvalue weighted by molar-refractivity contribution is -0.156. The number of unbranched alkanes of at least 4 members (excludes halogenated alkanes) is 1. The topological polar surface area (TPSA) is 46.5 Å². The minimum absolute atomic E-state index is 0.351. The van der Waals surface area contributed by atoms with Gasteiger partial charge in [-0.15, -0.1) is 0 Å². The van der Waals surface area contributed by atoms with Crippen LogP contribution in [0.5, 0.6) is 0 Å². The molecule has 0 heterocycles. The van der Waals surface area contributed by atoms with Crippen molar-refractivity contribution in [2.45, 2.75) is 38.7 Å². The maximum atomic E-state index is 11.9. The average Bonchev–Trinajstić information content (AvgIpc) is 2.41. The Balaban J connectivity index is 3.13. The van der Waals surface area contributed by atoms with Crippen LogP contribution in [0, 0.1) is 5.92 Å². The zero-order valence-corrected chi connectivity index (χ0v) is 13.5. The lowest BCUT2D eigenvalue weighted by atomic mass is 9.80. The number of aliphatic hydroxyl groups is 1. The van der Waals surface area contributed by atoms with E-state index in [1.54, 1.807) is 25.1 Å². The Morgan fingerprint density at radius 3 is 2.55 bits per heavy atom. The second kappa shape index (κ2) is 7.30. The zero-order chi connectivity index (χ0) is 15.3. The largest absolute Gasteiger partial charge is 0.469 e. The molecule has 2 atom stereocenters. The van der Waals surface area contributed by atoms with Gasteiger partial charge in [-0.05, 0) is 31.0 Å². The van der Waals surface area contributed by atoms with Crippen molar-refractivity contribution in [1.82, 2.24) is 0 Å². The highest BCUT2D eigenvalue weighted by molar-refractivity contribution is 6.42. The Kier molecular flexibility index (Phi) is 6.31. The van der Waals surface area contributed by atoms with Crippen molar-refractivity contribution in [1.29, 1.82) is 0 Å². The summed E-state index contributed by atoms with van der Waals surface area (Å²) in [4.78, 5) is 11.9. The number of ether oxygens (including phenoxy) is 1. The standard InChI is InChI=1S/C15H20Cl2O3/c1-4-5-6-11(14(18)20-3)15(2,19)10-7-8-12(16)13(17)9-10/h7-9,11,19H,4-6H2,1-3H3. The highest BCUT2D eigenvalue weighted by Gasteiger charge is 2.39. The summed E-state index contributed by atoms with van der Waals surface area (Å²) in [5.74, 6) is -1.06. The lowest BCUT2D eigenvalue weighted by Gasteiger charge is -2.31. The molecular formula is C15H20Cl2O3. The second-order valence-corrected chi connectivity index (χ2v) is 5.81. The first kappa shape index (κ1) is 17.3. The molecule has 0 radical (unpaired) electrons. The van der Waals surface area contributed by atoms with Gasteiger partial charge >= 0.3 is 5.97 Å². The van der Waals surface area contributed by atoms with Gasteiger partial charge in [0.1, 0.15) is 5.60 Å². The van der Waals surface area contributed by atoms with Gasteiger partial charge in [-0.1, -0.05) is 49.0 Å². The van der Waals surface area contributed by atoms with Gasteiger partial charge in [0.25, 0.3) is 0 Å². The van der Waals surface area contributed by atoms with Crippen LogP contribution in [0.2, 0.25) is 10.0 Å². The molecule has 1 N–H and O–H groups in total. The summed E-state index contributed by atoms with van der Waals surface area (Å²) in [6, 6.07) is 4.88. The predicted molar refractivity (Wildman–Crippen MR) is 81.1 cm³/mol. The van der Waals surface area contributed by atoms with Crippen LogP contribution >= 0.6 is 23.2 Å². The maximum absolute atomic E-state index is 11.9. The molecule has 3 nitrogen and oxygen atoms in total. The summed E-state index contributed by atoms with van der Waals surface area (Å²) < 4.78 is 4.81. The van der Waals surface area contributed by atoms with Gasteiger partial charge in [-0.2, -0.15) is 0 Å². The molecule has 0 fully saturated rings. The number of halogens is 2. The van der Waals surface area contributed by atoms with E-state index in [2.05, 4.69) is 0 Å². The van der Waals surface area contributed by atoms with Crippen molar-refractivity contribution in [3.8, 4) is 0 Å². The third-order valence-corrected chi connectivity index (χ3v) is 4.25. The minimum Gasteiger partial charge on any atom is -0.469 e. The van der Waals surface area contributed by atoms with E-state index in [1.165, 1.54) is 7.11 Å². The minimum atomic E-state index is -1.35. The van der Waals surface area contributed by atoms with Crippen LogP contribution in [-0.2, 0) is 15.1 Å². The van der Waals surface area contributed by atoms with Crippen molar-refractivity contribution in [3.63, 3.8) is 0 Å². The molecule has 0 saturated heterocycles. The van der Waals surface area contributed by atoms with Crippen molar-refractivity contribution in [2.24, 2.45) is 5.92 Å². The average molecular weight is 319 g/mol. The number of rotatable bonds is 6. The van der Waals surface area contributed by atoms with E-state index in [4.69, 9.17) is 27.9 Å². The van der Waals surface area contributed by atoms with Gasteiger partial charge in [-0.25, -0.2) is 0 Å². The monoisotopic (exact) mass is 318 g/mol. The normalized spacial score (nSPS) is 15.5. The van der Waals surface area contributed by atoms with E-state index >= 15 is 0 Å². The lowest BCUT2D eigenvalue weighted by Crippen LogP contribution is -2.38. The van der Waals surface area contributed by atoms with Crippen molar-refractivity contribution in [2.75, 3.05) is 7.11 Å². The van der Waals surface area contributed by atoms with Crippen molar-refractivity contribution < 1.29 is 14.6 Å². The van der Waals surface area contributed by atoms with Crippen LogP contribution in [0.3, 0.4) is 0 Å². The first-order valence-corrected chi connectivity index (χ1v) is 7.35. The van der Waals surface area contributed by atoms with Crippen LogP contribution in [0.1, 0.15) is 38.7 Å². The molecule has 0 aromatic heterocycles. The number of methoxy groups -OCH3 is 1. The fourth-order valence-corrected chi connectivity index (χ4v) is 2.49. The Bertz CT molecular complexity index is 472. The molecule has 0 aliphatic heterocycles. The van der Waals surface area contributed by atoms with Gasteiger partial charge in [0.2, 0.25) is 0 Å². The fourth-order valence-electron chi connectivity index (χ4n) is 2.19. The van der Waals surface area contributed by atoms with E-state index in [0.29, 0.717) is 22.0 Å². The first-order chi connectivity index (χ1) is 9.34. The number of hydrogen-bond donors (Lipinski definition) is 1. The van der Waals surface area contributed by atoms with Gasteiger partial charge in [0.15, 0.2) is 0 Å². The van der Waals surface area contributed by atoms with Gasteiger partial charge in [0.05, 0.1) is 23.1 Å². The van der Waals surface area contributed by atoms with Crippen LogP contribution in [-0.4, -0.2) is 18.2 Å². The number of hydrogen-bond acceptors (Lipinski definition) is 3. The molecule has 0 aliphatic rings. The molecule has 0 bridgehead atoms. The Labute approximate surface area is 129 Å². The van der Waals surface area contributed by atoms with Crippen LogP contribution in [0.25, 0.3) is 0 Å². The quantitative estimate of drug-likeness (QED) is 0.800. The van der Waals surface area contributed by atoms with Crippen molar-refractivity contribution in [3.05, 3.63) is 33.8 Å². The third-order valence-electron chi connectivity index (χ3n) is 3.51. The molecule has 0 saturated carbocycles. The molecule has 0 spiro atoms. The zero-order valence-electron chi connectivity index (χ0n) is 12.0. The van der Waals surface area contributed by atoms with Crippen molar-refractivity contribution >= 4 is 29.2 Å². The van der Waals surface area contributed by atoms with Gasteiger partial charge < -0.3 is 9.84 Å². The fraction of sp³-hybridized carbons (Fsp3) is 0.533. The van der Waals surface area contributed by atoms with E-state index in [0.717, 1.165) is 12.8 Å².